The molecule has 0 amide bonds. The summed E-state index contributed by atoms with van der Waals surface area (Å²) in [5.41, 5.74) is 0. The maximum absolute atomic E-state index is 10.3. The van der Waals surface area contributed by atoms with Crippen LogP contribution < -0.4 is 0 Å². The van der Waals surface area contributed by atoms with Crippen LogP contribution in [-0.2, 0) is 11.3 Å². The number of hydrogen-bond acceptors (Lipinski definition) is 2. The Balaban J connectivity index is 2.63. The quantitative estimate of drug-likeness (QED) is 0.646. The number of imidazole rings is 1. The van der Waals surface area contributed by atoms with Crippen LogP contribution in [0.15, 0.2) is 12.4 Å². The second-order valence-electron chi connectivity index (χ2n) is 2.46. The first-order chi connectivity index (χ1) is 5.24. The Morgan fingerprint density at radius 2 is 2.64 bits per heavy atom. The standard InChI is InChI=1S/C7H9ClN2O/c1-6(5-11)4-10-3-2-9-7(10)8/h2-3,5-6H,4H2,1H3. The SMILES string of the molecule is CC(C=O)Cn1ccnc1Cl. The molecular formula is C7H9ClN2O. The summed E-state index contributed by atoms with van der Waals surface area (Å²) in [5, 5.41) is 0.429. The third-order valence-corrected chi connectivity index (χ3v) is 1.70. The van der Waals surface area contributed by atoms with Crippen molar-refractivity contribution < 1.29 is 4.79 Å². The van der Waals surface area contributed by atoms with E-state index in [0.717, 1.165) is 6.29 Å². The first-order valence-electron chi connectivity index (χ1n) is 3.36. The molecule has 0 saturated carbocycles. The van der Waals surface area contributed by atoms with E-state index in [0.29, 0.717) is 11.8 Å². The van der Waals surface area contributed by atoms with Crippen molar-refractivity contribution in [2.75, 3.05) is 0 Å². The fourth-order valence-corrected chi connectivity index (χ4v) is 0.982. The van der Waals surface area contributed by atoms with Gasteiger partial charge in [0.25, 0.3) is 0 Å². The Morgan fingerprint density at radius 1 is 1.91 bits per heavy atom. The average molecular weight is 173 g/mol. The van der Waals surface area contributed by atoms with E-state index in [1.807, 2.05) is 6.92 Å². The molecule has 1 unspecified atom stereocenters. The van der Waals surface area contributed by atoms with Crippen molar-refractivity contribution in [1.82, 2.24) is 9.55 Å². The zero-order chi connectivity index (χ0) is 8.27. The maximum Gasteiger partial charge on any atom is 0.202 e. The van der Waals surface area contributed by atoms with Crippen LogP contribution >= 0.6 is 11.6 Å². The molecule has 4 heteroatoms. The van der Waals surface area contributed by atoms with Crippen molar-refractivity contribution in [2.45, 2.75) is 13.5 Å². The summed E-state index contributed by atoms with van der Waals surface area (Å²) in [7, 11) is 0. The Hall–Kier alpha value is -0.830. The van der Waals surface area contributed by atoms with Crippen molar-refractivity contribution in [3.8, 4) is 0 Å². The van der Waals surface area contributed by atoms with Crippen LogP contribution in [0.1, 0.15) is 6.92 Å². The molecule has 1 aromatic heterocycles. The predicted molar refractivity (Wildman–Crippen MR) is 42.5 cm³/mol. The summed E-state index contributed by atoms with van der Waals surface area (Å²) < 4.78 is 1.74. The van der Waals surface area contributed by atoms with Gasteiger partial charge in [0, 0.05) is 24.9 Å². The zero-order valence-electron chi connectivity index (χ0n) is 6.20. The Labute approximate surface area is 70.0 Å². The second kappa shape index (κ2) is 3.53. The fraction of sp³-hybridized carbons (Fsp3) is 0.429. The van der Waals surface area contributed by atoms with Gasteiger partial charge in [-0.25, -0.2) is 4.98 Å². The summed E-state index contributed by atoms with van der Waals surface area (Å²) in [4.78, 5) is 14.1. The number of nitrogens with zero attached hydrogens (tertiary/aromatic N) is 2. The molecule has 1 rings (SSSR count). The van der Waals surface area contributed by atoms with Gasteiger partial charge in [0.1, 0.15) is 6.29 Å². The van der Waals surface area contributed by atoms with Crippen LogP contribution in [0.25, 0.3) is 0 Å². The van der Waals surface area contributed by atoms with Gasteiger partial charge in [0.05, 0.1) is 0 Å². The molecule has 1 aromatic rings. The van der Waals surface area contributed by atoms with E-state index in [9.17, 15) is 4.79 Å². The topological polar surface area (TPSA) is 34.9 Å². The lowest BCUT2D eigenvalue weighted by atomic mass is 10.2. The number of halogens is 1. The highest BCUT2D eigenvalue weighted by atomic mass is 35.5. The summed E-state index contributed by atoms with van der Waals surface area (Å²) in [6, 6.07) is 0. The van der Waals surface area contributed by atoms with Crippen molar-refractivity contribution in [3.63, 3.8) is 0 Å². The third kappa shape index (κ3) is 2.05. The normalized spacial score (nSPS) is 12.9. The highest BCUT2D eigenvalue weighted by Gasteiger charge is 2.03. The maximum atomic E-state index is 10.3. The Kier molecular flexibility index (Phi) is 2.65. The van der Waals surface area contributed by atoms with E-state index >= 15 is 0 Å². The number of carbonyl (C=O) groups excluding carboxylic acids is 1. The fourth-order valence-electron chi connectivity index (χ4n) is 0.800. The van der Waals surface area contributed by atoms with E-state index in [1.54, 1.807) is 17.0 Å². The van der Waals surface area contributed by atoms with Crippen molar-refractivity contribution in [1.29, 1.82) is 0 Å². The molecule has 1 heterocycles. The molecule has 0 radical (unpaired) electrons. The lowest BCUT2D eigenvalue weighted by Crippen LogP contribution is -2.07. The molecule has 0 aliphatic heterocycles. The second-order valence-corrected chi connectivity index (χ2v) is 2.80. The monoisotopic (exact) mass is 172 g/mol. The first-order valence-corrected chi connectivity index (χ1v) is 3.73. The molecule has 0 saturated heterocycles. The van der Waals surface area contributed by atoms with Gasteiger partial charge in [-0.2, -0.15) is 0 Å². The predicted octanol–water partition coefficient (Wildman–Crippen LogP) is 1.37. The van der Waals surface area contributed by atoms with Crippen LogP contribution in [0, 0.1) is 5.92 Å². The van der Waals surface area contributed by atoms with E-state index in [-0.39, 0.29) is 5.92 Å². The van der Waals surface area contributed by atoms with Crippen LogP contribution in [0.4, 0.5) is 0 Å². The first kappa shape index (κ1) is 8.27. The van der Waals surface area contributed by atoms with Crippen LogP contribution in [0.3, 0.4) is 0 Å². The van der Waals surface area contributed by atoms with Crippen molar-refractivity contribution >= 4 is 17.9 Å². The number of aromatic nitrogens is 2. The Bertz CT molecular complexity index is 246. The molecular weight excluding hydrogens is 164 g/mol. The van der Waals surface area contributed by atoms with Gasteiger partial charge in [-0.3, -0.25) is 0 Å². The van der Waals surface area contributed by atoms with Gasteiger partial charge in [-0.1, -0.05) is 6.92 Å². The van der Waals surface area contributed by atoms with E-state index in [4.69, 9.17) is 11.6 Å². The molecule has 0 spiro atoms. The minimum absolute atomic E-state index is 0.0123. The highest BCUT2D eigenvalue weighted by Crippen LogP contribution is 2.06. The number of carbonyl (C=O) groups is 1. The van der Waals surface area contributed by atoms with E-state index < -0.39 is 0 Å². The van der Waals surface area contributed by atoms with Gasteiger partial charge in [-0.05, 0) is 11.6 Å². The van der Waals surface area contributed by atoms with E-state index in [2.05, 4.69) is 4.98 Å². The number of aldehydes is 1. The molecule has 0 N–H and O–H groups in total. The number of rotatable bonds is 3. The molecule has 0 aromatic carbocycles. The summed E-state index contributed by atoms with van der Waals surface area (Å²) in [6.07, 6.45) is 4.26. The van der Waals surface area contributed by atoms with Crippen LogP contribution in [0.5, 0.6) is 0 Å². The van der Waals surface area contributed by atoms with Gasteiger partial charge >= 0.3 is 0 Å². The minimum Gasteiger partial charge on any atom is -0.321 e. The third-order valence-electron chi connectivity index (χ3n) is 1.38. The minimum atomic E-state index is -0.0123. The molecule has 60 valence electrons. The largest absolute Gasteiger partial charge is 0.321 e. The molecule has 11 heavy (non-hydrogen) atoms. The molecule has 0 bridgehead atoms. The lowest BCUT2D eigenvalue weighted by molar-refractivity contribution is -0.110. The molecule has 0 aliphatic carbocycles. The van der Waals surface area contributed by atoms with Crippen molar-refractivity contribution in [3.05, 3.63) is 17.7 Å². The smallest absolute Gasteiger partial charge is 0.202 e. The number of hydrogen-bond donors (Lipinski definition) is 0. The zero-order valence-corrected chi connectivity index (χ0v) is 6.95. The molecule has 1 atom stereocenters. The summed E-state index contributed by atoms with van der Waals surface area (Å²) >= 11 is 5.68. The Morgan fingerprint density at radius 3 is 3.09 bits per heavy atom. The van der Waals surface area contributed by atoms with Crippen LogP contribution in [0.2, 0.25) is 5.28 Å². The van der Waals surface area contributed by atoms with Gasteiger partial charge in [0.2, 0.25) is 5.28 Å². The molecule has 0 aliphatic rings. The van der Waals surface area contributed by atoms with Gasteiger partial charge in [0.15, 0.2) is 0 Å². The highest BCUT2D eigenvalue weighted by molar-refractivity contribution is 6.28. The van der Waals surface area contributed by atoms with Crippen molar-refractivity contribution in [2.24, 2.45) is 5.92 Å². The molecule has 3 nitrogen and oxygen atoms in total. The summed E-state index contributed by atoms with van der Waals surface area (Å²) in [6.45, 7) is 2.44. The molecule has 0 fully saturated rings. The van der Waals surface area contributed by atoms with E-state index in [1.165, 1.54) is 0 Å². The summed E-state index contributed by atoms with van der Waals surface area (Å²) in [5.74, 6) is -0.0123. The average Bonchev–Trinajstić information content (AvgIpc) is 2.37. The van der Waals surface area contributed by atoms with Crippen LogP contribution in [-0.4, -0.2) is 15.8 Å². The van der Waals surface area contributed by atoms with Gasteiger partial charge in [-0.15, -0.1) is 0 Å². The van der Waals surface area contributed by atoms with Gasteiger partial charge < -0.3 is 9.36 Å². The lowest BCUT2D eigenvalue weighted by Gasteiger charge is -2.04.